The number of para-hydroxylation sites is 1. The molecule has 0 bridgehead atoms. The van der Waals surface area contributed by atoms with Crippen LogP contribution in [0.25, 0.3) is 11.4 Å². The first-order valence-electron chi connectivity index (χ1n) is 8.88. The Bertz CT molecular complexity index is 884. The van der Waals surface area contributed by atoms with Gasteiger partial charge < -0.3 is 5.32 Å². The highest BCUT2D eigenvalue weighted by Crippen LogP contribution is 2.21. The first-order chi connectivity index (χ1) is 12.8. The van der Waals surface area contributed by atoms with Crippen LogP contribution in [0.5, 0.6) is 0 Å². The van der Waals surface area contributed by atoms with Crippen molar-refractivity contribution in [3.8, 4) is 11.4 Å². The zero-order valence-corrected chi connectivity index (χ0v) is 14.5. The zero-order chi connectivity index (χ0) is 17.8. The van der Waals surface area contributed by atoms with E-state index in [4.69, 9.17) is 0 Å². The van der Waals surface area contributed by atoms with Gasteiger partial charge in [-0.25, -0.2) is 0 Å². The lowest BCUT2D eigenvalue weighted by Gasteiger charge is -2.17. The molecule has 1 aromatic carbocycles. The number of nitrogens with zero attached hydrogens (tertiary/aromatic N) is 3. The van der Waals surface area contributed by atoms with Crippen LogP contribution in [0.4, 0.5) is 5.69 Å². The van der Waals surface area contributed by atoms with Gasteiger partial charge in [-0.15, -0.1) is 0 Å². The van der Waals surface area contributed by atoms with Crippen molar-refractivity contribution in [2.75, 3.05) is 18.4 Å². The predicted octanol–water partition coefficient (Wildman–Crippen LogP) is 3.32. The monoisotopic (exact) mass is 347 g/mol. The maximum Gasteiger partial charge on any atom is 0.273 e. The zero-order valence-electron chi connectivity index (χ0n) is 14.5. The Balaban J connectivity index is 1.49. The molecule has 0 aliphatic carbocycles. The number of rotatable bonds is 5. The molecule has 6 heteroatoms. The van der Waals surface area contributed by atoms with Crippen LogP contribution in [-0.4, -0.2) is 39.1 Å². The second-order valence-electron chi connectivity index (χ2n) is 6.48. The van der Waals surface area contributed by atoms with Crippen LogP contribution in [0.2, 0.25) is 0 Å². The molecule has 0 radical (unpaired) electrons. The van der Waals surface area contributed by atoms with E-state index in [0.29, 0.717) is 11.4 Å². The lowest BCUT2D eigenvalue weighted by Crippen LogP contribution is -2.20. The highest BCUT2D eigenvalue weighted by molar-refractivity contribution is 6.03. The molecule has 1 aliphatic heterocycles. The Hall–Kier alpha value is -2.99. The van der Waals surface area contributed by atoms with E-state index >= 15 is 0 Å². The number of carbonyl (C=O) groups is 1. The fourth-order valence-corrected chi connectivity index (χ4v) is 3.23. The van der Waals surface area contributed by atoms with E-state index in [1.807, 2.05) is 36.4 Å². The number of benzene rings is 1. The van der Waals surface area contributed by atoms with E-state index in [-0.39, 0.29) is 5.91 Å². The number of nitrogens with one attached hydrogen (secondary N) is 2. The van der Waals surface area contributed by atoms with E-state index in [0.717, 1.165) is 36.6 Å². The van der Waals surface area contributed by atoms with E-state index in [1.165, 1.54) is 12.8 Å². The Morgan fingerprint density at radius 1 is 1.08 bits per heavy atom. The van der Waals surface area contributed by atoms with Crippen LogP contribution in [0.3, 0.4) is 0 Å². The molecule has 132 valence electrons. The molecule has 1 saturated heterocycles. The summed E-state index contributed by atoms with van der Waals surface area (Å²) in [6, 6.07) is 15.3. The second-order valence-corrected chi connectivity index (χ2v) is 6.48. The van der Waals surface area contributed by atoms with Crippen LogP contribution >= 0.6 is 0 Å². The molecule has 0 spiro atoms. The smallest absolute Gasteiger partial charge is 0.273 e. The molecular formula is C20H21N5O. The molecular weight excluding hydrogens is 326 g/mol. The lowest BCUT2D eigenvalue weighted by molar-refractivity contribution is 0.102. The number of anilines is 1. The van der Waals surface area contributed by atoms with Gasteiger partial charge in [-0.05, 0) is 55.8 Å². The molecule has 1 fully saturated rings. The van der Waals surface area contributed by atoms with Crippen LogP contribution in [0.1, 0.15) is 28.9 Å². The van der Waals surface area contributed by atoms with Gasteiger partial charge in [-0.2, -0.15) is 5.10 Å². The highest BCUT2D eigenvalue weighted by atomic mass is 16.1. The molecule has 2 N–H and O–H groups in total. The first-order valence-corrected chi connectivity index (χ1v) is 8.88. The summed E-state index contributed by atoms with van der Waals surface area (Å²) in [6.07, 6.45) is 4.20. The average Bonchev–Trinajstić information content (AvgIpc) is 3.36. The number of aromatic amines is 1. The van der Waals surface area contributed by atoms with Gasteiger partial charge in [0.15, 0.2) is 0 Å². The summed E-state index contributed by atoms with van der Waals surface area (Å²) in [5.41, 5.74) is 3.78. The third-order valence-corrected chi connectivity index (χ3v) is 4.61. The number of hydrogen-bond acceptors (Lipinski definition) is 4. The van der Waals surface area contributed by atoms with Gasteiger partial charge in [0, 0.05) is 18.4 Å². The number of likely N-dealkylation sites (tertiary alicyclic amines) is 1. The molecule has 0 saturated carbocycles. The number of hydrogen-bond donors (Lipinski definition) is 2. The molecule has 3 heterocycles. The quantitative estimate of drug-likeness (QED) is 0.742. The molecule has 0 unspecified atom stereocenters. The second kappa shape index (κ2) is 7.49. The van der Waals surface area contributed by atoms with Crippen LogP contribution in [-0.2, 0) is 6.54 Å². The van der Waals surface area contributed by atoms with Gasteiger partial charge in [-0.3, -0.25) is 19.8 Å². The van der Waals surface area contributed by atoms with Crippen molar-refractivity contribution in [1.82, 2.24) is 20.1 Å². The SMILES string of the molecule is O=C(Nc1ccccc1CN1CCCC1)c1cc(-c2ccccn2)n[nH]1. The van der Waals surface area contributed by atoms with Crippen molar-refractivity contribution in [3.63, 3.8) is 0 Å². The summed E-state index contributed by atoms with van der Waals surface area (Å²) >= 11 is 0. The normalized spacial score (nSPS) is 14.5. The van der Waals surface area contributed by atoms with Crippen molar-refractivity contribution in [2.45, 2.75) is 19.4 Å². The minimum absolute atomic E-state index is 0.200. The van der Waals surface area contributed by atoms with Gasteiger partial charge in [0.25, 0.3) is 5.91 Å². The Kier molecular flexibility index (Phi) is 4.75. The van der Waals surface area contributed by atoms with Gasteiger partial charge in [0.1, 0.15) is 11.4 Å². The maximum absolute atomic E-state index is 12.6. The topological polar surface area (TPSA) is 73.9 Å². The van der Waals surface area contributed by atoms with Gasteiger partial charge in [-0.1, -0.05) is 24.3 Å². The van der Waals surface area contributed by atoms with E-state index in [2.05, 4.69) is 31.5 Å². The van der Waals surface area contributed by atoms with Gasteiger partial charge >= 0.3 is 0 Å². The molecule has 26 heavy (non-hydrogen) atoms. The van der Waals surface area contributed by atoms with Crippen LogP contribution < -0.4 is 5.32 Å². The van der Waals surface area contributed by atoms with Crippen molar-refractivity contribution in [1.29, 1.82) is 0 Å². The number of amides is 1. The first kappa shape index (κ1) is 16.5. The minimum Gasteiger partial charge on any atom is -0.320 e. The van der Waals surface area contributed by atoms with E-state index < -0.39 is 0 Å². The van der Waals surface area contributed by atoms with Crippen LogP contribution in [0.15, 0.2) is 54.7 Å². The third kappa shape index (κ3) is 3.65. The van der Waals surface area contributed by atoms with Crippen molar-refractivity contribution >= 4 is 11.6 Å². The largest absolute Gasteiger partial charge is 0.320 e. The maximum atomic E-state index is 12.6. The number of aromatic nitrogens is 3. The number of carbonyl (C=O) groups excluding carboxylic acids is 1. The summed E-state index contributed by atoms with van der Waals surface area (Å²) in [4.78, 5) is 19.3. The summed E-state index contributed by atoms with van der Waals surface area (Å²) in [5.74, 6) is -0.200. The fourth-order valence-electron chi connectivity index (χ4n) is 3.23. The molecule has 2 aromatic heterocycles. The summed E-state index contributed by atoms with van der Waals surface area (Å²) in [7, 11) is 0. The van der Waals surface area contributed by atoms with Crippen molar-refractivity contribution in [2.24, 2.45) is 0 Å². The van der Waals surface area contributed by atoms with E-state index in [9.17, 15) is 4.79 Å². The number of pyridine rings is 1. The molecule has 4 rings (SSSR count). The van der Waals surface area contributed by atoms with Crippen molar-refractivity contribution in [3.05, 3.63) is 66.0 Å². The standard InChI is InChI=1S/C20H21N5O/c26-20(19-13-18(23-24-19)17-9-3-4-10-21-17)22-16-8-2-1-7-15(16)14-25-11-5-6-12-25/h1-4,7-10,13H,5-6,11-12,14H2,(H,22,26)(H,23,24). The molecule has 1 aliphatic rings. The van der Waals surface area contributed by atoms with Gasteiger partial charge in [0.2, 0.25) is 0 Å². The highest BCUT2D eigenvalue weighted by Gasteiger charge is 2.16. The average molecular weight is 347 g/mol. The third-order valence-electron chi connectivity index (χ3n) is 4.61. The Morgan fingerprint density at radius 3 is 2.69 bits per heavy atom. The summed E-state index contributed by atoms with van der Waals surface area (Å²) < 4.78 is 0. The van der Waals surface area contributed by atoms with Crippen LogP contribution in [0, 0.1) is 0 Å². The molecule has 1 amide bonds. The Labute approximate surface area is 152 Å². The molecule has 3 aromatic rings. The molecule has 0 atom stereocenters. The Morgan fingerprint density at radius 2 is 1.88 bits per heavy atom. The predicted molar refractivity (Wildman–Crippen MR) is 101 cm³/mol. The molecule has 6 nitrogen and oxygen atoms in total. The summed E-state index contributed by atoms with van der Waals surface area (Å²) in [5, 5.41) is 10.0. The lowest BCUT2D eigenvalue weighted by atomic mass is 10.1. The fraction of sp³-hybridized carbons (Fsp3) is 0.250. The van der Waals surface area contributed by atoms with E-state index in [1.54, 1.807) is 12.3 Å². The minimum atomic E-state index is -0.200. The number of H-pyrrole nitrogens is 1. The van der Waals surface area contributed by atoms with Crippen molar-refractivity contribution < 1.29 is 4.79 Å². The summed E-state index contributed by atoms with van der Waals surface area (Å²) in [6.45, 7) is 3.10. The van der Waals surface area contributed by atoms with Gasteiger partial charge in [0.05, 0.1) is 5.69 Å².